The van der Waals surface area contributed by atoms with Crippen LogP contribution in [0.3, 0.4) is 0 Å². The van der Waals surface area contributed by atoms with Crippen molar-refractivity contribution >= 4 is 0 Å². The lowest BCUT2D eigenvalue weighted by Gasteiger charge is -2.44. The summed E-state index contributed by atoms with van der Waals surface area (Å²) in [6.07, 6.45) is -2.33. The molecule has 1 aromatic rings. The number of morpholine rings is 1. The number of rotatable bonds is 3. The van der Waals surface area contributed by atoms with Crippen LogP contribution in [-0.2, 0) is 11.3 Å². The molecular formula is C13H18F2NO+. The van der Waals surface area contributed by atoms with Crippen LogP contribution in [0.1, 0.15) is 5.56 Å². The van der Waals surface area contributed by atoms with Crippen LogP contribution in [0.15, 0.2) is 30.3 Å². The van der Waals surface area contributed by atoms with Crippen LogP contribution in [-0.4, -0.2) is 43.8 Å². The average molecular weight is 242 g/mol. The number of likely N-dealkylation sites (N-methyl/N-ethyl adjacent to an activating group) is 1. The van der Waals surface area contributed by atoms with E-state index in [4.69, 9.17) is 4.74 Å². The highest BCUT2D eigenvalue weighted by molar-refractivity contribution is 5.13. The van der Waals surface area contributed by atoms with E-state index in [0.29, 0.717) is 24.2 Å². The molecule has 94 valence electrons. The molecule has 4 heteroatoms. The maximum absolute atomic E-state index is 13.0. The van der Waals surface area contributed by atoms with Gasteiger partial charge < -0.3 is 9.22 Å². The molecule has 0 aromatic heterocycles. The minimum atomic E-state index is -2.33. The van der Waals surface area contributed by atoms with E-state index in [1.165, 1.54) is 0 Å². The zero-order valence-corrected chi connectivity index (χ0v) is 9.98. The van der Waals surface area contributed by atoms with E-state index in [0.717, 1.165) is 5.56 Å². The summed E-state index contributed by atoms with van der Waals surface area (Å²) in [5.41, 5.74) is 1.10. The molecule has 1 fully saturated rings. The molecule has 2 nitrogen and oxygen atoms in total. The van der Waals surface area contributed by atoms with Crippen molar-refractivity contribution in [3.8, 4) is 0 Å². The maximum Gasteiger partial charge on any atom is 0.291 e. The van der Waals surface area contributed by atoms with Gasteiger partial charge >= 0.3 is 0 Å². The van der Waals surface area contributed by atoms with Crippen molar-refractivity contribution in [3.63, 3.8) is 0 Å². The summed E-state index contributed by atoms with van der Waals surface area (Å²) in [7, 11) is 1.90. The second kappa shape index (κ2) is 5.10. The Hall–Kier alpha value is -1.00. The van der Waals surface area contributed by atoms with E-state index in [1.807, 2.05) is 37.4 Å². The highest BCUT2D eigenvalue weighted by Crippen LogP contribution is 2.24. The number of nitrogens with zero attached hydrogens (tertiary/aromatic N) is 1. The van der Waals surface area contributed by atoms with E-state index < -0.39 is 12.5 Å². The van der Waals surface area contributed by atoms with Crippen LogP contribution < -0.4 is 0 Å². The molecule has 1 unspecified atom stereocenters. The van der Waals surface area contributed by atoms with Gasteiger partial charge in [0.1, 0.15) is 19.7 Å². The van der Waals surface area contributed by atoms with Crippen molar-refractivity contribution in [2.45, 2.75) is 19.0 Å². The quantitative estimate of drug-likeness (QED) is 0.739. The van der Waals surface area contributed by atoms with Gasteiger partial charge in [0.05, 0.1) is 13.7 Å². The Morgan fingerprint density at radius 3 is 2.71 bits per heavy atom. The van der Waals surface area contributed by atoms with Gasteiger partial charge in [-0.05, 0) is 0 Å². The first kappa shape index (κ1) is 12.5. The second-order valence-electron chi connectivity index (χ2n) is 4.82. The number of hydrogen-bond acceptors (Lipinski definition) is 1. The topological polar surface area (TPSA) is 9.23 Å². The van der Waals surface area contributed by atoms with Gasteiger partial charge in [-0.3, -0.25) is 0 Å². The highest BCUT2D eigenvalue weighted by atomic mass is 19.3. The molecule has 0 aliphatic carbocycles. The number of quaternary nitrogens is 1. The van der Waals surface area contributed by atoms with E-state index in [2.05, 4.69) is 0 Å². The van der Waals surface area contributed by atoms with Crippen LogP contribution in [0, 0.1) is 0 Å². The Morgan fingerprint density at radius 1 is 1.35 bits per heavy atom. The standard InChI is InChI=1S/C13H18F2NO/c1-16(9-11-5-3-2-4-6-11)7-8-17-10-12(16)13(14)15/h2-6,12-13H,7-10H2,1H3/q+1/t12-,16?/m0/s1. The molecule has 1 aliphatic rings. The van der Waals surface area contributed by atoms with Gasteiger partial charge in [0, 0.05) is 5.56 Å². The van der Waals surface area contributed by atoms with Gasteiger partial charge in [0.15, 0.2) is 6.04 Å². The maximum atomic E-state index is 13.0. The Labute approximate surface area is 100 Å². The third kappa shape index (κ3) is 2.82. The summed E-state index contributed by atoms with van der Waals surface area (Å²) >= 11 is 0. The minimum Gasteiger partial charge on any atom is -0.369 e. The normalized spacial score (nSPS) is 29.5. The van der Waals surface area contributed by atoms with Crippen molar-refractivity contribution in [1.29, 1.82) is 0 Å². The Balaban J connectivity index is 2.15. The second-order valence-corrected chi connectivity index (χ2v) is 4.82. The molecule has 17 heavy (non-hydrogen) atoms. The third-order valence-electron chi connectivity index (χ3n) is 3.51. The Bertz CT molecular complexity index is 358. The fraction of sp³-hybridized carbons (Fsp3) is 0.538. The SMILES string of the molecule is C[N+]1(Cc2ccccc2)CCOC[C@H]1C(F)F. The molecule has 1 heterocycles. The molecule has 0 spiro atoms. The molecule has 1 aliphatic heterocycles. The third-order valence-corrected chi connectivity index (χ3v) is 3.51. The first-order valence-corrected chi connectivity index (χ1v) is 5.86. The number of hydrogen-bond donors (Lipinski definition) is 0. The predicted molar refractivity (Wildman–Crippen MR) is 61.8 cm³/mol. The first-order chi connectivity index (χ1) is 8.12. The number of benzene rings is 1. The molecule has 1 saturated heterocycles. The lowest BCUT2D eigenvalue weighted by molar-refractivity contribution is -0.957. The average Bonchev–Trinajstić information content (AvgIpc) is 2.30. The highest BCUT2D eigenvalue weighted by Gasteiger charge is 2.42. The van der Waals surface area contributed by atoms with E-state index in [9.17, 15) is 8.78 Å². The first-order valence-electron chi connectivity index (χ1n) is 5.86. The Kier molecular flexibility index (Phi) is 3.74. The lowest BCUT2D eigenvalue weighted by Crippen LogP contribution is -2.61. The summed E-state index contributed by atoms with van der Waals surface area (Å²) in [5.74, 6) is 0. The predicted octanol–water partition coefficient (Wildman–Crippen LogP) is 2.30. The fourth-order valence-electron chi connectivity index (χ4n) is 2.36. The van der Waals surface area contributed by atoms with E-state index in [1.54, 1.807) is 0 Å². The summed E-state index contributed by atoms with van der Waals surface area (Å²) in [4.78, 5) is 0. The van der Waals surface area contributed by atoms with Crippen LogP contribution in [0.25, 0.3) is 0 Å². The van der Waals surface area contributed by atoms with Crippen LogP contribution in [0.5, 0.6) is 0 Å². The number of ether oxygens (including phenoxy) is 1. The zero-order chi connectivity index (χ0) is 12.3. The molecule has 1 aromatic carbocycles. The lowest BCUT2D eigenvalue weighted by atomic mass is 10.1. The van der Waals surface area contributed by atoms with Gasteiger partial charge in [-0.15, -0.1) is 0 Å². The van der Waals surface area contributed by atoms with Gasteiger partial charge in [0.2, 0.25) is 0 Å². The molecule has 0 N–H and O–H groups in total. The fourth-order valence-corrected chi connectivity index (χ4v) is 2.36. The smallest absolute Gasteiger partial charge is 0.291 e. The molecule has 2 rings (SSSR count). The van der Waals surface area contributed by atoms with E-state index in [-0.39, 0.29) is 6.61 Å². The van der Waals surface area contributed by atoms with Crippen molar-refractivity contribution in [2.24, 2.45) is 0 Å². The monoisotopic (exact) mass is 242 g/mol. The van der Waals surface area contributed by atoms with Crippen molar-refractivity contribution in [2.75, 3.05) is 26.8 Å². The van der Waals surface area contributed by atoms with E-state index >= 15 is 0 Å². The molecular weight excluding hydrogens is 224 g/mol. The summed E-state index contributed by atoms with van der Waals surface area (Å²) < 4.78 is 31.6. The summed E-state index contributed by atoms with van der Waals surface area (Å²) in [6, 6.07) is 9.08. The molecule has 0 radical (unpaired) electrons. The molecule has 0 saturated carbocycles. The molecule has 2 atom stereocenters. The van der Waals surface area contributed by atoms with Crippen LogP contribution in [0.4, 0.5) is 8.78 Å². The van der Waals surface area contributed by atoms with Gasteiger partial charge in [-0.2, -0.15) is 0 Å². The minimum absolute atomic E-state index is 0.154. The van der Waals surface area contributed by atoms with Gasteiger partial charge in [0.25, 0.3) is 6.43 Å². The van der Waals surface area contributed by atoms with Crippen LogP contribution in [0.2, 0.25) is 0 Å². The van der Waals surface area contributed by atoms with Crippen LogP contribution >= 0.6 is 0 Å². The summed E-state index contributed by atoms with van der Waals surface area (Å²) in [6.45, 7) is 2.00. The number of alkyl halides is 2. The largest absolute Gasteiger partial charge is 0.369 e. The Morgan fingerprint density at radius 2 is 2.06 bits per heavy atom. The van der Waals surface area contributed by atoms with Gasteiger partial charge in [-0.25, -0.2) is 8.78 Å². The molecule has 0 amide bonds. The molecule has 0 bridgehead atoms. The van der Waals surface area contributed by atoms with Gasteiger partial charge in [-0.1, -0.05) is 30.3 Å². The number of halogens is 2. The van der Waals surface area contributed by atoms with Crippen molar-refractivity contribution < 1.29 is 18.0 Å². The summed E-state index contributed by atoms with van der Waals surface area (Å²) in [5, 5.41) is 0. The van der Waals surface area contributed by atoms with Crippen molar-refractivity contribution in [3.05, 3.63) is 35.9 Å². The zero-order valence-electron chi connectivity index (χ0n) is 9.98. The van der Waals surface area contributed by atoms with Crippen molar-refractivity contribution in [1.82, 2.24) is 0 Å².